The summed E-state index contributed by atoms with van der Waals surface area (Å²) in [7, 11) is 0. The molecule has 2 aromatic rings. The van der Waals surface area contributed by atoms with Gasteiger partial charge in [0.25, 0.3) is 5.91 Å². The van der Waals surface area contributed by atoms with Crippen LogP contribution in [0, 0.1) is 0 Å². The third-order valence-corrected chi connectivity index (χ3v) is 5.66. The Kier molecular flexibility index (Phi) is 4.77. The number of rotatable bonds is 2. The monoisotopic (exact) mass is 397 g/mol. The van der Waals surface area contributed by atoms with Gasteiger partial charge in [0, 0.05) is 36.9 Å². The maximum absolute atomic E-state index is 13.3. The van der Waals surface area contributed by atoms with E-state index in [0.717, 1.165) is 11.3 Å². The number of hydrogen-bond donors (Lipinski definition) is 3. The molecule has 0 saturated carbocycles. The molecule has 0 aromatic carbocycles. The van der Waals surface area contributed by atoms with Crippen LogP contribution in [0.1, 0.15) is 49.4 Å². The number of aromatic nitrogens is 3. The second-order valence-electron chi connectivity index (χ2n) is 8.40. The molecule has 0 aliphatic carbocycles. The van der Waals surface area contributed by atoms with Crippen molar-refractivity contribution in [2.75, 3.05) is 18.4 Å². The van der Waals surface area contributed by atoms with E-state index < -0.39 is 5.54 Å². The molecule has 9 heteroatoms. The van der Waals surface area contributed by atoms with Crippen molar-refractivity contribution >= 4 is 17.8 Å². The molecule has 0 spiro atoms. The summed E-state index contributed by atoms with van der Waals surface area (Å²) in [6, 6.07) is 5.67. The zero-order chi connectivity index (χ0) is 20.8. The average Bonchev–Trinajstić information content (AvgIpc) is 3.19. The minimum atomic E-state index is -0.551. The maximum atomic E-state index is 13.3. The summed E-state index contributed by atoms with van der Waals surface area (Å²) in [5.41, 5.74) is 1.45. The van der Waals surface area contributed by atoms with E-state index in [0.29, 0.717) is 31.1 Å². The fourth-order valence-electron chi connectivity index (χ4n) is 4.25. The van der Waals surface area contributed by atoms with Gasteiger partial charge in [0.05, 0.1) is 17.8 Å². The number of piperazine rings is 1. The van der Waals surface area contributed by atoms with Crippen LogP contribution in [0.25, 0.3) is 0 Å². The number of hydrogen-bond acceptors (Lipinski definition) is 5. The fraction of sp³-hybridized carbons (Fsp3) is 0.500. The third-order valence-electron chi connectivity index (χ3n) is 5.66. The van der Waals surface area contributed by atoms with E-state index in [-0.39, 0.29) is 24.0 Å². The van der Waals surface area contributed by atoms with Crippen molar-refractivity contribution in [1.29, 1.82) is 0 Å². The van der Waals surface area contributed by atoms with Crippen LogP contribution in [-0.2, 0) is 12.1 Å². The number of carbonyl (C=O) groups is 2. The van der Waals surface area contributed by atoms with Gasteiger partial charge in [-0.2, -0.15) is 5.10 Å². The van der Waals surface area contributed by atoms with E-state index in [4.69, 9.17) is 0 Å². The van der Waals surface area contributed by atoms with Gasteiger partial charge in [-0.3, -0.25) is 14.9 Å². The van der Waals surface area contributed by atoms with Gasteiger partial charge >= 0.3 is 6.03 Å². The summed E-state index contributed by atoms with van der Waals surface area (Å²) >= 11 is 0. The van der Waals surface area contributed by atoms with Crippen molar-refractivity contribution in [3.63, 3.8) is 0 Å². The molecule has 2 atom stereocenters. The normalized spacial score (nSPS) is 23.0. The van der Waals surface area contributed by atoms with E-state index in [9.17, 15) is 9.59 Å². The van der Waals surface area contributed by atoms with Crippen LogP contribution in [0.5, 0.6) is 0 Å². The lowest BCUT2D eigenvalue weighted by atomic mass is 10.0. The Morgan fingerprint density at radius 1 is 1.21 bits per heavy atom. The summed E-state index contributed by atoms with van der Waals surface area (Å²) in [4.78, 5) is 33.6. The van der Waals surface area contributed by atoms with Crippen molar-refractivity contribution in [3.8, 4) is 0 Å². The second-order valence-corrected chi connectivity index (χ2v) is 8.40. The second kappa shape index (κ2) is 7.14. The summed E-state index contributed by atoms with van der Waals surface area (Å²) in [6.07, 6.45) is 1.57. The van der Waals surface area contributed by atoms with E-state index in [1.165, 1.54) is 0 Å². The van der Waals surface area contributed by atoms with Gasteiger partial charge in [-0.15, -0.1) is 0 Å². The van der Waals surface area contributed by atoms with E-state index in [2.05, 4.69) is 39.7 Å². The molecule has 4 heterocycles. The third kappa shape index (κ3) is 3.46. The highest BCUT2D eigenvalue weighted by Gasteiger charge is 2.45. The Labute approximate surface area is 169 Å². The number of fused-ring (bicyclic) bond motifs is 1. The van der Waals surface area contributed by atoms with Gasteiger partial charge in [0.15, 0.2) is 5.82 Å². The van der Waals surface area contributed by atoms with Crippen LogP contribution in [0.3, 0.4) is 0 Å². The first kappa shape index (κ1) is 19.4. The number of anilines is 1. The molecule has 2 unspecified atom stereocenters. The molecule has 2 aliphatic rings. The Balaban J connectivity index is 1.54. The van der Waals surface area contributed by atoms with E-state index in [1.807, 2.05) is 23.6 Å². The first-order chi connectivity index (χ1) is 13.8. The number of urea groups is 1. The van der Waals surface area contributed by atoms with Crippen molar-refractivity contribution in [3.05, 3.63) is 41.3 Å². The smallest absolute Gasteiger partial charge is 0.321 e. The summed E-state index contributed by atoms with van der Waals surface area (Å²) in [5, 5.41) is 13.6. The first-order valence-electron chi connectivity index (χ1n) is 9.90. The number of H-pyrrole nitrogens is 1. The lowest BCUT2D eigenvalue weighted by molar-refractivity contribution is 0.0906. The molecular formula is C20H27N7O2. The molecule has 29 heavy (non-hydrogen) atoms. The van der Waals surface area contributed by atoms with Crippen LogP contribution >= 0.6 is 0 Å². The van der Waals surface area contributed by atoms with Crippen molar-refractivity contribution in [2.24, 2.45) is 0 Å². The summed E-state index contributed by atoms with van der Waals surface area (Å²) < 4.78 is 0. The predicted molar refractivity (Wildman–Crippen MR) is 108 cm³/mol. The summed E-state index contributed by atoms with van der Waals surface area (Å²) in [6.45, 7) is 9.90. The molecule has 0 radical (unpaired) electrons. The highest BCUT2D eigenvalue weighted by Crippen LogP contribution is 2.41. The molecule has 3 N–H and O–H groups in total. The van der Waals surface area contributed by atoms with Crippen LogP contribution in [0.15, 0.2) is 24.4 Å². The number of nitrogens with zero attached hydrogens (tertiary/aromatic N) is 4. The van der Waals surface area contributed by atoms with Gasteiger partial charge < -0.3 is 20.4 Å². The van der Waals surface area contributed by atoms with Crippen molar-refractivity contribution < 1.29 is 9.59 Å². The zero-order valence-electron chi connectivity index (χ0n) is 17.2. The summed E-state index contributed by atoms with van der Waals surface area (Å²) in [5.74, 6) is 0.119. The van der Waals surface area contributed by atoms with E-state index >= 15 is 0 Å². The zero-order valence-corrected chi connectivity index (χ0v) is 17.2. The minimum Gasteiger partial charge on any atom is -0.322 e. The van der Waals surface area contributed by atoms with Crippen molar-refractivity contribution in [1.82, 2.24) is 30.3 Å². The topological polar surface area (TPSA) is 106 Å². The van der Waals surface area contributed by atoms with Crippen molar-refractivity contribution in [2.45, 2.75) is 51.9 Å². The van der Waals surface area contributed by atoms with Gasteiger partial charge in [-0.1, -0.05) is 6.07 Å². The molecule has 3 amide bonds. The molecule has 154 valence electrons. The van der Waals surface area contributed by atoms with Crippen LogP contribution in [0.4, 0.5) is 10.6 Å². The molecule has 2 aliphatic heterocycles. The molecule has 0 bridgehead atoms. The Hall–Kier alpha value is -2.94. The van der Waals surface area contributed by atoms with Crippen LogP contribution in [0.2, 0.25) is 0 Å². The Morgan fingerprint density at radius 2 is 1.93 bits per heavy atom. The van der Waals surface area contributed by atoms with E-state index in [1.54, 1.807) is 24.4 Å². The first-order valence-corrected chi connectivity index (χ1v) is 9.90. The largest absolute Gasteiger partial charge is 0.322 e. The average molecular weight is 397 g/mol. The lowest BCUT2D eigenvalue weighted by Crippen LogP contribution is -2.59. The van der Waals surface area contributed by atoms with Crippen LogP contribution < -0.4 is 10.6 Å². The SMILES string of the molecule is CC1CN(C(=O)N2Cc3c(NC(=O)c4ccccn4)n[nH]c3C2(C)C)CC(C)N1. The number of carbonyl (C=O) groups excluding carboxylic acids is 2. The number of nitrogens with one attached hydrogen (secondary N) is 3. The minimum absolute atomic E-state index is 0.00167. The standard InChI is InChI=1S/C20H27N7O2/c1-12-9-26(10-13(2)22-12)19(29)27-11-14-16(20(27,3)4)24-25-17(14)23-18(28)15-7-5-6-8-21-15/h5-8,12-13,22H,9-11H2,1-4H3,(H2,23,24,25,28). The molecule has 1 fully saturated rings. The molecule has 1 saturated heterocycles. The molecule has 4 rings (SSSR count). The highest BCUT2D eigenvalue weighted by molar-refractivity contribution is 6.02. The molecule has 9 nitrogen and oxygen atoms in total. The quantitative estimate of drug-likeness (QED) is 0.718. The van der Waals surface area contributed by atoms with Gasteiger partial charge in [0.1, 0.15) is 5.69 Å². The number of pyridine rings is 1. The highest BCUT2D eigenvalue weighted by atomic mass is 16.2. The number of amides is 3. The molecule has 2 aromatic heterocycles. The fourth-order valence-corrected chi connectivity index (χ4v) is 4.25. The van der Waals surface area contributed by atoms with Gasteiger partial charge in [0.2, 0.25) is 0 Å². The Morgan fingerprint density at radius 3 is 2.59 bits per heavy atom. The molecular weight excluding hydrogens is 370 g/mol. The number of aromatic amines is 1. The lowest BCUT2D eigenvalue weighted by Gasteiger charge is -2.41. The predicted octanol–water partition coefficient (Wildman–Crippen LogP) is 1.91. The maximum Gasteiger partial charge on any atom is 0.321 e. The van der Waals surface area contributed by atoms with Gasteiger partial charge in [-0.25, -0.2) is 4.79 Å². The Bertz CT molecular complexity index is 914. The van der Waals surface area contributed by atoms with Crippen LogP contribution in [-0.4, -0.2) is 62.1 Å². The van der Waals surface area contributed by atoms with Gasteiger partial charge in [-0.05, 0) is 39.8 Å².